The third-order valence-corrected chi connectivity index (χ3v) is 4.01. The van der Waals surface area contributed by atoms with Gasteiger partial charge < -0.3 is 13.9 Å². The predicted octanol–water partition coefficient (Wildman–Crippen LogP) is 2.93. The van der Waals surface area contributed by atoms with Gasteiger partial charge in [-0.3, -0.25) is 20.2 Å². The molecule has 0 atom stereocenters. The second kappa shape index (κ2) is 9.93. The highest BCUT2D eigenvalue weighted by Crippen LogP contribution is 2.41. The number of nitrogens with zero attached hydrogens (tertiary/aromatic N) is 2. The lowest BCUT2D eigenvalue weighted by atomic mass is 10.3. The Bertz CT molecular complexity index is 907. The van der Waals surface area contributed by atoms with Gasteiger partial charge in [-0.1, -0.05) is 6.07 Å². The quantitative estimate of drug-likeness (QED) is 0.335. The molecule has 0 radical (unpaired) electrons. The summed E-state index contributed by atoms with van der Waals surface area (Å²) in [5.74, 6) is -0.341. The van der Waals surface area contributed by atoms with Crippen LogP contribution in [-0.4, -0.2) is 9.85 Å². The molecule has 1 N–H and O–H groups in total. The van der Waals surface area contributed by atoms with Crippen molar-refractivity contribution >= 4 is 19.2 Å². The van der Waals surface area contributed by atoms with Crippen LogP contribution in [0.25, 0.3) is 0 Å². The monoisotopic (exact) mass is 419 g/mol. The fourth-order valence-corrected chi connectivity index (χ4v) is 2.67. The minimum Gasteiger partial charge on any atom is -0.736 e. The molecule has 3 rings (SSSR count). The lowest BCUT2D eigenvalue weighted by Gasteiger charge is -2.23. The number of aromatic amines is 1. The Labute approximate surface area is 164 Å². The lowest BCUT2D eigenvalue weighted by Crippen LogP contribution is -2.13. The van der Waals surface area contributed by atoms with Crippen LogP contribution < -0.4 is 18.9 Å². The van der Waals surface area contributed by atoms with Gasteiger partial charge in [0.05, 0.1) is 9.85 Å². The summed E-state index contributed by atoms with van der Waals surface area (Å²) >= 11 is 0. The molecule has 3 aromatic rings. The number of aromatic nitrogens is 1. The maximum atomic E-state index is 11.7. The number of benzene rings is 2. The Morgan fingerprint density at radius 2 is 1.10 bits per heavy atom. The van der Waals surface area contributed by atoms with E-state index in [-0.39, 0.29) is 22.9 Å². The molecule has 150 valence electrons. The van der Waals surface area contributed by atoms with Gasteiger partial charge in [0.2, 0.25) is 0 Å². The fraction of sp³-hybridized carbons (Fsp3) is 0. The molecule has 0 aliphatic heterocycles. The van der Waals surface area contributed by atoms with E-state index in [2.05, 4.69) is 14.0 Å². The maximum absolute atomic E-state index is 11.7. The molecule has 0 saturated heterocycles. The molecule has 0 fully saturated rings. The molecule has 0 aliphatic rings. The normalized spacial score (nSPS) is 10.2. The number of phosphoric ester groups is 1. The van der Waals surface area contributed by atoms with Crippen LogP contribution in [0, 0.1) is 20.2 Å². The SMILES string of the molecule is O=[N+]([O-])c1ccc(OP(=O)([O-])Oc2ccc([N+](=O)[O-])cc2)cc1.c1cc[nH+]cc1. The van der Waals surface area contributed by atoms with Crippen molar-refractivity contribution in [3.05, 3.63) is 99.4 Å². The molecular weight excluding hydrogens is 405 g/mol. The second-order valence-corrected chi connectivity index (χ2v) is 6.47. The predicted molar refractivity (Wildman–Crippen MR) is 98.1 cm³/mol. The third-order valence-electron chi connectivity index (χ3n) is 3.14. The van der Waals surface area contributed by atoms with Gasteiger partial charge >= 0.3 is 7.82 Å². The van der Waals surface area contributed by atoms with E-state index in [0.717, 1.165) is 48.5 Å². The van der Waals surface area contributed by atoms with E-state index in [1.807, 2.05) is 30.6 Å². The number of H-pyrrole nitrogens is 1. The Kier molecular flexibility index (Phi) is 7.35. The van der Waals surface area contributed by atoms with Crippen LogP contribution in [0.15, 0.2) is 79.1 Å². The molecule has 0 bridgehead atoms. The van der Waals surface area contributed by atoms with E-state index in [9.17, 15) is 29.7 Å². The smallest absolute Gasteiger partial charge is 0.372 e. The van der Waals surface area contributed by atoms with Crippen LogP contribution >= 0.6 is 7.82 Å². The van der Waals surface area contributed by atoms with E-state index < -0.39 is 17.7 Å². The number of pyridine rings is 1. The van der Waals surface area contributed by atoms with Crippen LogP contribution in [0.2, 0.25) is 0 Å². The van der Waals surface area contributed by atoms with Crippen molar-refractivity contribution in [2.24, 2.45) is 0 Å². The molecular formula is C17H14N3O8P. The van der Waals surface area contributed by atoms with Gasteiger partial charge in [-0.15, -0.1) is 0 Å². The van der Waals surface area contributed by atoms with E-state index in [0.29, 0.717) is 0 Å². The topological polar surface area (TPSA) is 159 Å². The van der Waals surface area contributed by atoms with Gasteiger partial charge in [0, 0.05) is 36.4 Å². The summed E-state index contributed by atoms with van der Waals surface area (Å²) < 4.78 is 21.0. The molecule has 1 heterocycles. The number of rotatable bonds is 6. The van der Waals surface area contributed by atoms with Gasteiger partial charge in [0.15, 0.2) is 12.4 Å². The van der Waals surface area contributed by atoms with Crippen molar-refractivity contribution in [2.75, 3.05) is 0 Å². The van der Waals surface area contributed by atoms with Crippen molar-refractivity contribution in [1.29, 1.82) is 0 Å². The van der Waals surface area contributed by atoms with E-state index in [1.54, 1.807) is 0 Å². The van der Waals surface area contributed by atoms with Gasteiger partial charge in [0.25, 0.3) is 11.4 Å². The first-order valence-corrected chi connectivity index (χ1v) is 9.33. The number of non-ortho nitro benzene ring substituents is 2. The van der Waals surface area contributed by atoms with Crippen LogP contribution in [0.5, 0.6) is 11.5 Å². The van der Waals surface area contributed by atoms with Crippen LogP contribution in [0.3, 0.4) is 0 Å². The zero-order valence-corrected chi connectivity index (χ0v) is 15.5. The fourth-order valence-electron chi connectivity index (χ4n) is 1.88. The van der Waals surface area contributed by atoms with Crippen molar-refractivity contribution < 1.29 is 33.3 Å². The van der Waals surface area contributed by atoms with Gasteiger partial charge in [-0.25, -0.2) is 9.55 Å². The average molecular weight is 419 g/mol. The Hall–Kier alpha value is -3.82. The summed E-state index contributed by atoms with van der Waals surface area (Å²) in [6, 6.07) is 14.5. The zero-order valence-electron chi connectivity index (χ0n) is 14.6. The highest BCUT2D eigenvalue weighted by Gasteiger charge is 2.15. The first-order chi connectivity index (χ1) is 13.8. The first kappa shape index (κ1) is 21.5. The van der Waals surface area contributed by atoms with Crippen LogP contribution in [0.1, 0.15) is 0 Å². The van der Waals surface area contributed by atoms with Crippen molar-refractivity contribution in [3.8, 4) is 11.5 Å². The molecule has 12 heteroatoms. The zero-order chi connectivity index (χ0) is 21.3. The van der Waals surface area contributed by atoms with E-state index >= 15 is 0 Å². The maximum Gasteiger partial charge on any atom is 0.372 e. The van der Waals surface area contributed by atoms with E-state index in [4.69, 9.17) is 0 Å². The first-order valence-electron chi connectivity index (χ1n) is 7.87. The third kappa shape index (κ3) is 7.37. The summed E-state index contributed by atoms with van der Waals surface area (Å²) in [6.07, 6.45) is 3.75. The van der Waals surface area contributed by atoms with Gasteiger partial charge in [-0.2, -0.15) is 0 Å². The number of nitro benzene ring substituents is 2. The number of hydrogen-bond donors (Lipinski definition) is 0. The van der Waals surface area contributed by atoms with Crippen LogP contribution in [0.4, 0.5) is 11.4 Å². The minimum absolute atomic E-state index is 0.171. The summed E-state index contributed by atoms with van der Waals surface area (Å²) in [6.45, 7) is 0. The summed E-state index contributed by atoms with van der Waals surface area (Å²) in [5, 5.41) is 21.0. The molecule has 0 aliphatic carbocycles. The van der Waals surface area contributed by atoms with Crippen molar-refractivity contribution in [2.45, 2.75) is 0 Å². The van der Waals surface area contributed by atoms with Crippen molar-refractivity contribution in [1.82, 2.24) is 0 Å². The number of nitrogens with one attached hydrogen (secondary N) is 1. The second-order valence-electron chi connectivity index (χ2n) is 5.21. The molecule has 2 aromatic carbocycles. The van der Waals surface area contributed by atoms with Gasteiger partial charge in [-0.05, 0) is 24.3 Å². The van der Waals surface area contributed by atoms with Crippen LogP contribution in [-0.2, 0) is 4.57 Å². The molecule has 29 heavy (non-hydrogen) atoms. The summed E-state index contributed by atoms with van der Waals surface area (Å²) in [4.78, 5) is 34.3. The highest BCUT2D eigenvalue weighted by atomic mass is 31.2. The number of phosphoric acid groups is 1. The molecule has 0 saturated carbocycles. The highest BCUT2D eigenvalue weighted by molar-refractivity contribution is 7.46. The summed E-state index contributed by atoms with van der Waals surface area (Å²) in [7, 11) is -4.80. The average Bonchev–Trinajstić information content (AvgIpc) is 2.70. The summed E-state index contributed by atoms with van der Waals surface area (Å²) in [5.41, 5.74) is -0.455. The van der Waals surface area contributed by atoms with E-state index in [1.165, 1.54) is 0 Å². The largest absolute Gasteiger partial charge is 0.736 e. The molecule has 1 aromatic heterocycles. The lowest BCUT2D eigenvalue weighted by molar-refractivity contribution is -0.385. The van der Waals surface area contributed by atoms with Gasteiger partial charge in [0.1, 0.15) is 11.5 Å². The Morgan fingerprint density at radius 1 is 0.724 bits per heavy atom. The minimum atomic E-state index is -4.80. The Balaban J connectivity index is 0.000000426. The Morgan fingerprint density at radius 3 is 1.34 bits per heavy atom. The molecule has 0 unspecified atom stereocenters. The number of nitro groups is 2. The molecule has 11 nitrogen and oxygen atoms in total. The standard InChI is InChI=1S/C12H9N2O8P.C5H5N/c15-13(16)9-1-5-11(6-2-9)21-23(19,20)22-12-7-3-10(4-8-12)14(17)18;1-2-4-6-5-3-1/h1-8H,(H,19,20);1-5H. The molecule has 0 spiro atoms. The number of hydrogen-bond acceptors (Lipinski definition) is 8. The molecule has 0 amide bonds. The van der Waals surface area contributed by atoms with Crippen molar-refractivity contribution in [3.63, 3.8) is 0 Å².